The minimum atomic E-state index is -3.28. The number of nitrogen functional groups attached to an aromatic ring is 1. The summed E-state index contributed by atoms with van der Waals surface area (Å²) in [6, 6.07) is 1.21. The number of aromatic nitrogens is 2. The Hall–Kier alpha value is -0.860. The first-order valence-corrected chi connectivity index (χ1v) is 9.95. The highest BCUT2D eigenvalue weighted by molar-refractivity contribution is 7.99. The number of ether oxygens (including phenoxy) is 1. The third-order valence-electron chi connectivity index (χ3n) is 2.20. The van der Waals surface area contributed by atoms with Gasteiger partial charge in [-0.2, -0.15) is 0 Å². The molecule has 8 nitrogen and oxygen atoms in total. The van der Waals surface area contributed by atoms with Crippen LogP contribution in [0.3, 0.4) is 0 Å². The molecule has 0 saturated carbocycles. The quantitative estimate of drug-likeness (QED) is 0.281. The molecule has 3 N–H and O–H groups in total. The lowest BCUT2D eigenvalue weighted by Crippen LogP contribution is -2.13. The zero-order valence-corrected chi connectivity index (χ0v) is 15.5. The first-order chi connectivity index (χ1) is 10.7. The Labute approximate surface area is 140 Å². The maximum Gasteiger partial charge on any atom is 0.356 e. The van der Waals surface area contributed by atoms with Crippen LogP contribution < -0.4 is 11.3 Å². The van der Waals surface area contributed by atoms with Gasteiger partial charge >= 0.3 is 7.60 Å². The van der Waals surface area contributed by atoms with Gasteiger partial charge in [-0.05, 0) is 27.7 Å². The fourth-order valence-corrected chi connectivity index (χ4v) is 4.17. The summed E-state index contributed by atoms with van der Waals surface area (Å²) >= 11 is 1.28. The van der Waals surface area contributed by atoms with Crippen LogP contribution in [0.1, 0.15) is 27.7 Å². The molecule has 1 aromatic heterocycles. The van der Waals surface area contributed by atoms with E-state index in [1.165, 1.54) is 17.8 Å². The number of hydrogen-bond donors (Lipinski definition) is 2. The minimum absolute atomic E-state index is 0.120. The number of thioether (sulfide) groups is 1. The highest BCUT2D eigenvalue weighted by Gasteiger charge is 2.28. The van der Waals surface area contributed by atoms with Crippen LogP contribution in [0.4, 0.5) is 5.82 Å². The van der Waals surface area contributed by atoms with Crippen LogP contribution >= 0.6 is 19.4 Å². The Balaban J connectivity index is 2.41. The Bertz CT molecular complexity index is 579. The molecule has 0 radical (unpaired) electrons. The van der Waals surface area contributed by atoms with Crippen molar-refractivity contribution in [2.75, 3.05) is 24.4 Å². The molecule has 0 aliphatic carbocycles. The fraction of sp³-hybridized carbons (Fsp3) is 0.692. The van der Waals surface area contributed by atoms with Gasteiger partial charge in [0.15, 0.2) is 5.16 Å². The molecular formula is C13H24N3O5PS. The second-order valence-corrected chi connectivity index (χ2v) is 8.27. The standard InChI is InChI=1S/C13H24N3O5PS/c1-9(2)20-22(18,21-10(3)4)8-19-5-6-23-13-15-11(14)7-12(17)16-13/h7,9-10H,5-6,8H2,1-4H3,(H3,14,15,16,17). The van der Waals surface area contributed by atoms with E-state index in [0.717, 1.165) is 0 Å². The number of hydrogen-bond acceptors (Lipinski definition) is 8. The zero-order valence-electron chi connectivity index (χ0n) is 13.8. The lowest BCUT2D eigenvalue weighted by Gasteiger charge is -2.22. The van der Waals surface area contributed by atoms with Crippen molar-refractivity contribution in [3.05, 3.63) is 16.4 Å². The van der Waals surface area contributed by atoms with Crippen molar-refractivity contribution in [2.24, 2.45) is 0 Å². The number of nitrogens with zero attached hydrogens (tertiary/aromatic N) is 1. The van der Waals surface area contributed by atoms with Crippen LogP contribution in [0.15, 0.2) is 16.0 Å². The van der Waals surface area contributed by atoms with Crippen LogP contribution in [-0.4, -0.2) is 40.9 Å². The normalized spacial score (nSPS) is 12.3. The second kappa shape index (κ2) is 9.44. The van der Waals surface area contributed by atoms with Gasteiger partial charge in [-0.3, -0.25) is 9.36 Å². The van der Waals surface area contributed by atoms with Gasteiger partial charge in [0.05, 0.1) is 18.8 Å². The summed E-state index contributed by atoms with van der Waals surface area (Å²) in [6.45, 7) is 7.44. The van der Waals surface area contributed by atoms with E-state index < -0.39 is 7.60 Å². The zero-order chi connectivity index (χ0) is 17.5. The van der Waals surface area contributed by atoms with Gasteiger partial charge < -0.3 is 24.5 Å². The highest BCUT2D eigenvalue weighted by atomic mass is 32.2. The van der Waals surface area contributed by atoms with E-state index in [4.69, 9.17) is 19.5 Å². The summed E-state index contributed by atoms with van der Waals surface area (Å²) in [5.41, 5.74) is 5.19. The highest BCUT2D eigenvalue weighted by Crippen LogP contribution is 2.50. The largest absolute Gasteiger partial charge is 0.383 e. The predicted octanol–water partition coefficient (Wildman–Crippen LogP) is 2.46. The molecule has 23 heavy (non-hydrogen) atoms. The number of nitrogens with one attached hydrogen (secondary N) is 1. The molecule has 0 aromatic carbocycles. The molecule has 10 heteroatoms. The Morgan fingerprint density at radius 3 is 2.43 bits per heavy atom. The van der Waals surface area contributed by atoms with E-state index in [9.17, 15) is 9.36 Å². The van der Waals surface area contributed by atoms with E-state index in [-0.39, 0.29) is 29.9 Å². The van der Waals surface area contributed by atoms with Crippen molar-refractivity contribution in [1.82, 2.24) is 9.97 Å². The third kappa shape index (κ3) is 8.53. The topological polar surface area (TPSA) is 117 Å². The average molecular weight is 365 g/mol. The van der Waals surface area contributed by atoms with Crippen molar-refractivity contribution >= 4 is 25.2 Å². The third-order valence-corrected chi connectivity index (χ3v) is 5.02. The monoisotopic (exact) mass is 365 g/mol. The van der Waals surface area contributed by atoms with Gasteiger partial charge in [-0.15, -0.1) is 0 Å². The van der Waals surface area contributed by atoms with Crippen LogP contribution in [0, 0.1) is 0 Å². The van der Waals surface area contributed by atoms with Gasteiger partial charge in [-0.1, -0.05) is 11.8 Å². The average Bonchev–Trinajstić information content (AvgIpc) is 2.34. The lowest BCUT2D eigenvalue weighted by atomic mass is 10.5. The van der Waals surface area contributed by atoms with Crippen molar-refractivity contribution < 1.29 is 18.3 Å². The summed E-state index contributed by atoms with van der Waals surface area (Å²) < 4.78 is 28.6. The van der Waals surface area contributed by atoms with E-state index in [1.54, 1.807) is 27.7 Å². The maximum atomic E-state index is 12.5. The van der Waals surface area contributed by atoms with Crippen LogP contribution in [0.2, 0.25) is 0 Å². The van der Waals surface area contributed by atoms with Crippen molar-refractivity contribution in [3.63, 3.8) is 0 Å². The molecule has 0 atom stereocenters. The number of H-pyrrole nitrogens is 1. The molecule has 0 bridgehead atoms. The molecular weight excluding hydrogens is 341 g/mol. The van der Waals surface area contributed by atoms with E-state index in [1.807, 2.05) is 0 Å². The molecule has 0 unspecified atom stereocenters. The molecule has 0 aliphatic rings. The summed E-state index contributed by atoms with van der Waals surface area (Å²) in [7, 11) is -3.28. The Kier molecular flexibility index (Phi) is 8.28. The summed E-state index contributed by atoms with van der Waals surface area (Å²) in [5.74, 6) is 0.674. The van der Waals surface area contributed by atoms with E-state index >= 15 is 0 Å². The van der Waals surface area contributed by atoms with Crippen molar-refractivity contribution in [3.8, 4) is 0 Å². The minimum Gasteiger partial charge on any atom is -0.383 e. The Morgan fingerprint density at radius 1 is 1.30 bits per heavy atom. The van der Waals surface area contributed by atoms with Crippen molar-refractivity contribution in [1.29, 1.82) is 0 Å². The van der Waals surface area contributed by atoms with Crippen molar-refractivity contribution in [2.45, 2.75) is 45.1 Å². The molecule has 0 aliphatic heterocycles. The first kappa shape index (κ1) is 20.2. The molecule has 0 amide bonds. The summed E-state index contributed by atoms with van der Waals surface area (Å²) in [5, 5.41) is 0.415. The first-order valence-electron chi connectivity index (χ1n) is 7.23. The number of nitrogens with two attached hydrogens (primary N) is 1. The molecule has 0 spiro atoms. The van der Waals surface area contributed by atoms with E-state index in [0.29, 0.717) is 17.5 Å². The molecule has 1 aromatic rings. The lowest BCUT2D eigenvalue weighted by molar-refractivity contribution is 0.104. The number of anilines is 1. The maximum absolute atomic E-state index is 12.5. The SMILES string of the molecule is CC(C)OP(=O)(COCCSc1nc(N)cc(=O)[nH]1)OC(C)C. The fourth-order valence-electron chi connectivity index (χ4n) is 1.62. The number of aromatic amines is 1. The van der Waals surface area contributed by atoms with Gasteiger partial charge in [0.2, 0.25) is 0 Å². The van der Waals surface area contributed by atoms with Gasteiger partial charge in [0.1, 0.15) is 12.2 Å². The summed E-state index contributed by atoms with van der Waals surface area (Å²) in [6.07, 6.45) is -0.566. The molecule has 1 rings (SSSR count). The molecule has 0 fully saturated rings. The van der Waals surface area contributed by atoms with Gasteiger partial charge in [0, 0.05) is 11.8 Å². The smallest absolute Gasteiger partial charge is 0.356 e. The van der Waals surface area contributed by atoms with Crippen LogP contribution in [0.5, 0.6) is 0 Å². The molecule has 132 valence electrons. The van der Waals surface area contributed by atoms with Crippen LogP contribution in [-0.2, 0) is 18.3 Å². The molecule has 0 saturated heterocycles. The number of rotatable bonds is 10. The second-order valence-electron chi connectivity index (χ2n) is 5.28. The van der Waals surface area contributed by atoms with Gasteiger partial charge in [-0.25, -0.2) is 4.98 Å². The molecule has 1 heterocycles. The summed E-state index contributed by atoms with van der Waals surface area (Å²) in [4.78, 5) is 17.8. The van der Waals surface area contributed by atoms with Crippen LogP contribution in [0.25, 0.3) is 0 Å². The van der Waals surface area contributed by atoms with E-state index in [2.05, 4.69) is 9.97 Å². The Morgan fingerprint density at radius 2 is 1.91 bits per heavy atom. The predicted molar refractivity (Wildman–Crippen MR) is 90.9 cm³/mol. The van der Waals surface area contributed by atoms with Gasteiger partial charge in [0.25, 0.3) is 5.56 Å².